The van der Waals surface area contributed by atoms with E-state index in [4.69, 9.17) is 9.57 Å². The van der Waals surface area contributed by atoms with Crippen LogP contribution in [0.3, 0.4) is 0 Å². The Labute approximate surface area is 168 Å². The van der Waals surface area contributed by atoms with Crippen molar-refractivity contribution in [1.29, 1.82) is 0 Å². The van der Waals surface area contributed by atoms with Crippen molar-refractivity contribution in [2.45, 2.75) is 32.8 Å². The normalized spacial score (nSPS) is 13.4. The topological polar surface area (TPSA) is 83.5 Å². The number of rotatable bonds is 6. The van der Waals surface area contributed by atoms with Crippen molar-refractivity contribution >= 4 is 5.71 Å². The van der Waals surface area contributed by atoms with Gasteiger partial charge >= 0.3 is 5.69 Å². The van der Waals surface area contributed by atoms with E-state index in [1.165, 1.54) is 26.9 Å². The Morgan fingerprint density at radius 1 is 1.17 bits per heavy atom. The lowest BCUT2D eigenvalue weighted by molar-refractivity contribution is 0.128. The van der Waals surface area contributed by atoms with Crippen LogP contribution in [0.15, 0.2) is 46.3 Å². The van der Waals surface area contributed by atoms with Gasteiger partial charge < -0.3 is 9.57 Å². The minimum Gasteiger partial charge on any atom is -0.496 e. The Hall–Kier alpha value is -3.42. The lowest BCUT2D eigenvalue weighted by Crippen LogP contribution is -2.23. The van der Waals surface area contributed by atoms with Crippen LogP contribution in [-0.2, 0) is 31.3 Å². The largest absolute Gasteiger partial charge is 0.496 e. The molecule has 0 saturated carbocycles. The Balaban J connectivity index is 1.62. The second-order valence-corrected chi connectivity index (χ2v) is 7.00. The van der Waals surface area contributed by atoms with Crippen LogP contribution in [0, 0.1) is 0 Å². The molecule has 0 fully saturated rings. The Morgan fingerprint density at radius 3 is 2.76 bits per heavy atom. The molecule has 1 aliphatic carbocycles. The molecule has 0 radical (unpaired) electrons. The average Bonchev–Trinajstić information content (AvgIpc) is 3.34. The van der Waals surface area contributed by atoms with E-state index >= 15 is 0 Å². The van der Waals surface area contributed by atoms with Crippen molar-refractivity contribution in [3.8, 4) is 11.4 Å². The first-order valence-electron chi connectivity index (χ1n) is 9.53. The minimum absolute atomic E-state index is 0.134. The summed E-state index contributed by atoms with van der Waals surface area (Å²) in [6, 6.07) is 11.7. The summed E-state index contributed by atoms with van der Waals surface area (Å²) in [6.07, 6.45) is 3.37. The first kappa shape index (κ1) is 18.9. The molecule has 3 aromatic rings. The third-order valence-corrected chi connectivity index (χ3v) is 5.22. The maximum absolute atomic E-state index is 12.3. The number of nitrogens with zero attached hydrogens (tertiary/aromatic N) is 5. The predicted molar refractivity (Wildman–Crippen MR) is 109 cm³/mol. The van der Waals surface area contributed by atoms with Gasteiger partial charge in [0.1, 0.15) is 12.4 Å². The van der Waals surface area contributed by atoms with E-state index in [-0.39, 0.29) is 12.3 Å². The molecule has 150 valence electrons. The number of methoxy groups -OCH3 is 1. The van der Waals surface area contributed by atoms with Gasteiger partial charge in [-0.15, -0.1) is 0 Å². The summed E-state index contributed by atoms with van der Waals surface area (Å²) in [5.74, 6) is 0.591. The standard InChI is InChI=1S/C21H23N5O3/c1-14(16-9-4-7-15-8-5-10-17(15)16)22-29-13-18-19(11-6-12-20(18)28-3)26-21(27)25(2)23-24-26/h4,6-7,9,11-12H,5,8,10,13H2,1-3H3. The number of hydrogen-bond donors (Lipinski definition) is 0. The summed E-state index contributed by atoms with van der Waals surface area (Å²) in [5, 5.41) is 12.0. The van der Waals surface area contributed by atoms with Gasteiger partial charge in [-0.05, 0) is 59.9 Å². The van der Waals surface area contributed by atoms with Crippen LogP contribution in [-0.4, -0.2) is 32.6 Å². The highest BCUT2D eigenvalue weighted by Gasteiger charge is 2.17. The number of fused-ring (bicyclic) bond motifs is 1. The maximum atomic E-state index is 12.3. The highest BCUT2D eigenvalue weighted by molar-refractivity contribution is 6.00. The van der Waals surface area contributed by atoms with Gasteiger partial charge in [-0.25, -0.2) is 4.79 Å². The lowest BCUT2D eigenvalue weighted by atomic mass is 10.0. The molecule has 0 atom stereocenters. The summed E-state index contributed by atoms with van der Waals surface area (Å²) in [7, 11) is 3.12. The van der Waals surface area contributed by atoms with E-state index in [0.29, 0.717) is 17.0 Å². The molecule has 1 heterocycles. The molecule has 0 N–H and O–H groups in total. The van der Waals surface area contributed by atoms with Gasteiger partial charge in [0, 0.05) is 12.6 Å². The monoisotopic (exact) mass is 393 g/mol. The molecule has 2 aromatic carbocycles. The van der Waals surface area contributed by atoms with Gasteiger partial charge in [0.15, 0.2) is 0 Å². The lowest BCUT2D eigenvalue weighted by Gasteiger charge is -2.12. The van der Waals surface area contributed by atoms with Gasteiger partial charge in [0.25, 0.3) is 0 Å². The summed E-state index contributed by atoms with van der Waals surface area (Å²) < 4.78 is 7.85. The first-order chi connectivity index (χ1) is 14.1. The zero-order valence-corrected chi connectivity index (χ0v) is 16.8. The van der Waals surface area contributed by atoms with E-state index < -0.39 is 0 Å². The van der Waals surface area contributed by atoms with Crippen molar-refractivity contribution < 1.29 is 9.57 Å². The Bertz CT molecular complexity index is 1130. The predicted octanol–water partition coefficient (Wildman–Crippen LogP) is 2.40. The number of oxime groups is 1. The van der Waals surface area contributed by atoms with Gasteiger partial charge in [-0.1, -0.05) is 29.4 Å². The zero-order chi connectivity index (χ0) is 20.4. The molecular formula is C21H23N5O3. The smallest absolute Gasteiger partial charge is 0.368 e. The molecule has 0 saturated heterocycles. The van der Waals surface area contributed by atoms with Crippen molar-refractivity contribution in [2.24, 2.45) is 12.2 Å². The van der Waals surface area contributed by atoms with E-state index in [1.807, 2.05) is 13.0 Å². The van der Waals surface area contributed by atoms with Gasteiger partial charge in [0.05, 0.1) is 24.1 Å². The fourth-order valence-electron chi connectivity index (χ4n) is 3.76. The molecular weight excluding hydrogens is 370 g/mol. The zero-order valence-electron chi connectivity index (χ0n) is 16.8. The highest BCUT2D eigenvalue weighted by Crippen LogP contribution is 2.27. The molecule has 29 heavy (non-hydrogen) atoms. The summed E-state index contributed by atoms with van der Waals surface area (Å²) in [5.41, 5.74) is 5.59. The number of tetrazole rings is 1. The maximum Gasteiger partial charge on any atom is 0.368 e. The Kier molecular flexibility index (Phi) is 5.16. The van der Waals surface area contributed by atoms with Crippen molar-refractivity contribution in [3.63, 3.8) is 0 Å². The highest BCUT2D eigenvalue weighted by atomic mass is 16.6. The van der Waals surface area contributed by atoms with Crippen molar-refractivity contribution in [1.82, 2.24) is 19.8 Å². The molecule has 4 rings (SSSR count). The van der Waals surface area contributed by atoms with Crippen LogP contribution >= 0.6 is 0 Å². The van der Waals surface area contributed by atoms with E-state index in [0.717, 1.165) is 24.1 Å². The fraction of sp³-hybridized carbons (Fsp3) is 0.333. The number of hydrogen-bond acceptors (Lipinski definition) is 6. The summed E-state index contributed by atoms with van der Waals surface area (Å²) in [4.78, 5) is 18.0. The van der Waals surface area contributed by atoms with Crippen molar-refractivity contribution in [2.75, 3.05) is 7.11 Å². The van der Waals surface area contributed by atoms with E-state index in [1.54, 1.807) is 26.3 Å². The first-order valence-corrected chi connectivity index (χ1v) is 9.53. The Morgan fingerprint density at radius 2 is 2.00 bits per heavy atom. The molecule has 8 nitrogen and oxygen atoms in total. The number of benzene rings is 2. The van der Waals surface area contributed by atoms with E-state index in [9.17, 15) is 4.79 Å². The average molecular weight is 393 g/mol. The number of aryl methyl sites for hydroxylation is 2. The molecule has 0 bridgehead atoms. The minimum atomic E-state index is -0.348. The van der Waals surface area contributed by atoms with Gasteiger partial charge in [-0.3, -0.25) is 0 Å². The molecule has 0 spiro atoms. The summed E-state index contributed by atoms with van der Waals surface area (Å²) in [6.45, 7) is 2.08. The van der Waals surface area contributed by atoms with Crippen molar-refractivity contribution in [3.05, 3.63) is 69.1 Å². The SMILES string of the molecule is COc1cccc(-n2nnn(C)c2=O)c1CON=C(C)c1cccc2c1CCC2. The van der Waals surface area contributed by atoms with Crippen LogP contribution in [0.5, 0.6) is 5.75 Å². The van der Waals surface area contributed by atoms with Gasteiger partial charge in [0.2, 0.25) is 0 Å². The van der Waals surface area contributed by atoms with E-state index in [2.05, 4.69) is 33.8 Å². The second kappa shape index (κ2) is 7.90. The molecule has 1 aliphatic rings. The fourth-order valence-corrected chi connectivity index (χ4v) is 3.76. The second-order valence-electron chi connectivity index (χ2n) is 7.00. The molecule has 0 unspecified atom stereocenters. The van der Waals surface area contributed by atoms with Crippen LogP contribution in [0.25, 0.3) is 5.69 Å². The molecule has 0 amide bonds. The van der Waals surface area contributed by atoms with Crippen LogP contribution in [0.1, 0.15) is 35.6 Å². The summed E-state index contributed by atoms with van der Waals surface area (Å²) >= 11 is 0. The number of aromatic nitrogens is 4. The van der Waals surface area contributed by atoms with Crippen LogP contribution in [0.2, 0.25) is 0 Å². The molecule has 0 aliphatic heterocycles. The van der Waals surface area contributed by atoms with Crippen LogP contribution in [0.4, 0.5) is 0 Å². The third kappa shape index (κ3) is 3.53. The van der Waals surface area contributed by atoms with Gasteiger partial charge in [-0.2, -0.15) is 9.36 Å². The van der Waals surface area contributed by atoms with Crippen LogP contribution < -0.4 is 10.4 Å². The number of ether oxygens (including phenoxy) is 1. The third-order valence-electron chi connectivity index (χ3n) is 5.22. The quantitative estimate of drug-likeness (QED) is 0.474. The molecule has 1 aromatic heterocycles. The molecule has 8 heteroatoms.